The summed E-state index contributed by atoms with van der Waals surface area (Å²) < 4.78 is 32.1. The van der Waals surface area contributed by atoms with Gasteiger partial charge in [0, 0.05) is 19.2 Å². The Kier molecular flexibility index (Phi) is 7.31. The summed E-state index contributed by atoms with van der Waals surface area (Å²) in [4.78, 5) is 22.9. The number of rotatable bonds is 8. The molecule has 0 unspecified atom stereocenters. The third-order valence-electron chi connectivity index (χ3n) is 4.00. The molecule has 8 heteroatoms. The third-order valence-corrected chi connectivity index (χ3v) is 5.48. The molecule has 0 aromatic heterocycles. The Morgan fingerprint density at radius 1 is 1.04 bits per heavy atom. The number of aryl methyl sites for hydroxylation is 2. The molecule has 2 rings (SSSR count). The third kappa shape index (κ3) is 6.47. The van der Waals surface area contributed by atoms with E-state index in [1.165, 1.54) is 31.2 Å². The minimum absolute atomic E-state index is 0.0466. The van der Waals surface area contributed by atoms with Gasteiger partial charge in [-0.3, -0.25) is 9.59 Å². The number of amides is 1. The highest BCUT2D eigenvalue weighted by Crippen LogP contribution is 2.14. The molecular weight excluding hydrogens is 380 g/mol. The number of carbonyl (C=O) groups excluding carboxylic acids is 2. The second kappa shape index (κ2) is 9.48. The van der Waals surface area contributed by atoms with E-state index in [4.69, 9.17) is 4.74 Å². The van der Waals surface area contributed by atoms with E-state index in [0.717, 1.165) is 16.7 Å². The fourth-order valence-corrected chi connectivity index (χ4v) is 3.51. The maximum absolute atomic E-state index is 12.3. The maximum atomic E-state index is 12.3. The van der Waals surface area contributed by atoms with E-state index in [1.54, 1.807) is 0 Å². The zero-order valence-corrected chi connectivity index (χ0v) is 16.9. The number of benzene rings is 2. The molecule has 0 heterocycles. The Labute approximate surface area is 165 Å². The van der Waals surface area contributed by atoms with Crippen LogP contribution in [0.1, 0.15) is 30.0 Å². The molecule has 0 radical (unpaired) electrons. The number of carbonyl (C=O) groups is 2. The molecule has 1 amide bonds. The largest absolute Gasteiger partial charge is 0.461 e. The monoisotopic (exact) mass is 404 g/mol. The van der Waals surface area contributed by atoms with E-state index in [-0.39, 0.29) is 30.4 Å². The Morgan fingerprint density at radius 3 is 2.36 bits per heavy atom. The molecule has 0 aliphatic carbocycles. The van der Waals surface area contributed by atoms with Crippen molar-refractivity contribution in [2.75, 3.05) is 11.9 Å². The average Bonchev–Trinajstić information content (AvgIpc) is 2.62. The van der Waals surface area contributed by atoms with Crippen LogP contribution in [0, 0.1) is 13.8 Å². The molecular formula is C20H24N2O5S. The molecule has 0 aliphatic rings. The summed E-state index contributed by atoms with van der Waals surface area (Å²) in [7, 11) is -3.75. The first-order chi connectivity index (χ1) is 13.2. The van der Waals surface area contributed by atoms with Crippen molar-refractivity contribution in [3.8, 4) is 0 Å². The normalized spacial score (nSPS) is 11.1. The smallest absolute Gasteiger partial charge is 0.307 e. The number of sulfonamides is 1. The summed E-state index contributed by atoms with van der Waals surface area (Å²) in [6.07, 6.45) is -0.0753. The van der Waals surface area contributed by atoms with Crippen LogP contribution in [0.2, 0.25) is 0 Å². The van der Waals surface area contributed by atoms with Crippen LogP contribution in [-0.4, -0.2) is 26.8 Å². The van der Waals surface area contributed by atoms with Crippen molar-refractivity contribution in [1.29, 1.82) is 0 Å². The van der Waals surface area contributed by atoms with Gasteiger partial charge in [-0.15, -0.1) is 0 Å². The lowest BCUT2D eigenvalue weighted by Gasteiger charge is -2.10. The minimum Gasteiger partial charge on any atom is -0.461 e. The van der Waals surface area contributed by atoms with E-state index in [9.17, 15) is 18.0 Å². The van der Waals surface area contributed by atoms with E-state index < -0.39 is 16.0 Å². The van der Waals surface area contributed by atoms with Crippen LogP contribution in [0.3, 0.4) is 0 Å². The number of hydrogen-bond donors (Lipinski definition) is 2. The molecule has 0 saturated carbocycles. The van der Waals surface area contributed by atoms with Crippen molar-refractivity contribution >= 4 is 27.6 Å². The zero-order valence-electron chi connectivity index (χ0n) is 16.1. The van der Waals surface area contributed by atoms with Gasteiger partial charge in [-0.25, -0.2) is 13.1 Å². The van der Waals surface area contributed by atoms with Crippen molar-refractivity contribution in [3.63, 3.8) is 0 Å². The molecule has 0 aliphatic heterocycles. The van der Waals surface area contributed by atoms with Crippen molar-refractivity contribution in [2.24, 2.45) is 0 Å². The number of anilines is 1. The lowest BCUT2D eigenvalue weighted by atomic mass is 10.1. The first kappa shape index (κ1) is 21.6. The van der Waals surface area contributed by atoms with Crippen molar-refractivity contribution < 1.29 is 22.7 Å². The molecule has 2 N–H and O–H groups in total. The fourth-order valence-electron chi connectivity index (χ4n) is 2.48. The van der Waals surface area contributed by atoms with Crippen LogP contribution in [0.5, 0.6) is 0 Å². The summed E-state index contributed by atoms with van der Waals surface area (Å²) in [5, 5.41) is 2.56. The van der Waals surface area contributed by atoms with Crippen LogP contribution >= 0.6 is 0 Å². The molecule has 0 saturated heterocycles. The van der Waals surface area contributed by atoms with Gasteiger partial charge >= 0.3 is 5.97 Å². The molecule has 0 bridgehead atoms. The first-order valence-electron chi connectivity index (χ1n) is 8.76. The topological polar surface area (TPSA) is 102 Å². The van der Waals surface area contributed by atoms with Crippen LogP contribution in [0.15, 0.2) is 47.4 Å². The van der Waals surface area contributed by atoms with E-state index in [2.05, 4.69) is 10.0 Å². The molecule has 28 heavy (non-hydrogen) atoms. The molecule has 7 nitrogen and oxygen atoms in total. The quantitative estimate of drug-likeness (QED) is 0.659. The minimum atomic E-state index is -3.75. The lowest BCUT2D eigenvalue weighted by molar-refractivity contribution is -0.144. The van der Waals surface area contributed by atoms with Crippen molar-refractivity contribution in [3.05, 3.63) is 59.2 Å². The van der Waals surface area contributed by atoms with Crippen LogP contribution < -0.4 is 10.0 Å². The molecule has 0 atom stereocenters. The van der Waals surface area contributed by atoms with Crippen LogP contribution in [0.4, 0.5) is 5.69 Å². The summed E-state index contributed by atoms with van der Waals surface area (Å²) >= 11 is 0. The second-order valence-corrected chi connectivity index (χ2v) is 8.21. The van der Waals surface area contributed by atoms with E-state index in [1.807, 2.05) is 32.0 Å². The Hall–Kier alpha value is -2.71. The van der Waals surface area contributed by atoms with E-state index >= 15 is 0 Å². The van der Waals surface area contributed by atoms with Gasteiger partial charge in [-0.05, 0) is 49.2 Å². The van der Waals surface area contributed by atoms with Gasteiger partial charge in [-0.1, -0.05) is 23.8 Å². The highest BCUT2D eigenvalue weighted by Gasteiger charge is 2.15. The molecule has 2 aromatic carbocycles. The Morgan fingerprint density at radius 2 is 1.71 bits per heavy atom. The standard InChI is InChI=1S/C20H24N2O5S/c1-14-4-5-15(2)17(12-14)13-27-20(24)10-11-21-28(25,26)19-8-6-18(7-9-19)22-16(3)23/h4-9,12,21H,10-11,13H2,1-3H3,(H,22,23). The number of ether oxygens (including phenoxy) is 1. The fraction of sp³-hybridized carbons (Fsp3) is 0.300. The van der Waals surface area contributed by atoms with E-state index in [0.29, 0.717) is 5.69 Å². The summed E-state index contributed by atoms with van der Waals surface area (Å²) in [6, 6.07) is 11.7. The van der Waals surface area contributed by atoms with Gasteiger partial charge < -0.3 is 10.1 Å². The number of nitrogens with one attached hydrogen (secondary N) is 2. The predicted molar refractivity (Wildman–Crippen MR) is 106 cm³/mol. The summed E-state index contributed by atoms with van der Waals surface area (Å²) in [6.45, 7) is 5.35. The Bertz CT molecular complexity index is 953. The summed E-state index contributed by atoms with van der Waals surface area (Å²) in [5.41, 5.74) is 3.53. The van der Waals surface area contributed by atoms with Gasteiger partial charge in [0.25, 0.3) is 0 Å². The lowest BCUT2D eigenvalue weighted by Crippen LogP contribution is -2.26. The van der Waals surface area contributed by atoms with Gasteiger partial charge in [-0.2, -0.15) is 0 Å². The summed E-state index contributed by atoms with van der Waals surface area (Å²) in [5.74, 6) is -0.724. The molecule has 150 valence electrons. The zero-order chi connectivity index (χ0) is 20.7. The predicted octanol–water partition coefficient (Wildman–Crippen LogP) is 2.67. The maximum Gasteiger partial charge on any atom is 0.307 e. The van der Waals surface area contributed by atoms with Gasteiger partial charge in [0.05, 0.1) is 11.3 Å². The van der Waals surface area contributed by atoms with Gasteiger partial charge in [0.15, 0.2) is 0 Å². The Balaban J connectivity index is 1.83. The first-order valence-corrected chi connectivity index (χ1v) is 10.2. The van der Waals surface area contributed by atoms with Crippen LogP contribution in [0.25, 0.3) is 0 Å². The number of esters is 1. The number of hydrogen-bond acceptors (Lipinski definition) is 5. The van der Waals surface area contributed by atoms with Crippen LogP contribution in [-0.2, 0) is 31.0 Å². The molecule has 0 fully saturated rings. The SMILES string of the molecule is CC(=O)Nc1ccc(S(=O)(=O)NCCC(=O)OCc2cc(C)ccc2C)cc1. The molecule has 2 aromatic rings. The average molecular weight is 404 g/mol. The van der Waals surface area contributed by atoms with Gasteiger partial charge in [0.2, 0.25) is 15.9 Å². The molecule has 0 spiro atoms. The highest BCUT2D eigenvalue weighted by molar-refractivity contribution is 7.89. The van der Waals surface area contributed by atoms with Gasteiger partial charge in [0.1, 0.15) is 6.61 Å². The van der Waals surface area contributed by atoms with Crippen molar-refractivity contribution in [1.82, 2.24) is 4.72 Å². The second-order valence-electron chi connectivity index (χ2n) is 6.44. The van der Waals surface area contributed by atoms with Crippen molar-refractivity contribution in [2.45, 2.75) is 38.7 Å². The highest BCUT2D eigenvalue weighted by atomic mass is 32.2.